The zero-order valence-corrected chi connectivity index (χ0v) is 9.44. The molecule has 1 aliphatic heterocycles. The van der Waals surface area contributed by atoms with Crippen LogP contribution in [0.5, 0.6) is 0 Å². The van der Waals surface area contributed by atoms with E-state index in [2.05, 4.69) is 5.32 Å². The second-order valence-corrected chi connectivity index (χ2v) is 3.75. The van der Waals surface area contributed by atoms with Crippen LogP contribution < -0.4 is 5.32 Å². The van der Waals surface area contributed by atoms with Gasteiger partial charge in [-0.1, -0.05) is 6.92 Å². The summed E-state index contributed by atoms with van der Waals surface area (Å²) in [4.78, 5) is 32.7. The van der Waals surface area contributed by atoms with E-state index in [1.165, 1.54) is 0 Å². The fourth-order valence-corrected chi connectivity index (χ4v) is 2.25. The molecule has 1 fully saturated rings. The molecule has 15 heavy (non-hydrogen) atoms. The second-order valence-electron chi connectivity index (χ2n) is 3.01. The zero-order chi connectivity index (χ0) is 11.6. The van der Waals surface area contributed by atoms with Crippen molar-refractivity contribution in [2.45, 2.75) is 26.0 Å². The minimum Gasteiger partial charge on any atom is -0.326 e. The maximum Gasteiger partial charge on any atom is 0.326 e. The first-order valence-electron chi connectivity index (χ1n) is 4.53. The van der Waals surface area contributed by atoms with E-state index in [9.17, 15) is 14.2 Å². The Bertz CT molecular complexity index is 321. The summed E-state index contributed by atoms with van der Waals surface area (Å²) in [5, 5.41) is 2.05. The molecule has 0 aromatic heterocycles. The number of hydrogen-bond acceptors (Lipinski definition) is 4. The van der Waals surface area contributed by atoms with Gasteiger partial charge in [-0.3, -0.25) is 24.1 Å². The van der Waals surface area contributed by atoms with Crippen molar-refractivity contribution < 1.29 is 23.6 Å². The maximum absolute atomic E-state index is 11.5. The normalized spacial score (nSPS) is 28.1. The predicted molar refractivity (Wildman–Crippen MR) is 51.2 cm³/mol. The summed E-state index contributed by atoms with van der Waals surface area (Å²) in [7, 11) is -3.29. The number of carbonyl (C=O) groups excluding carboxylic acids is 2. The third kappa shape index (κ3) is 1.90. The van der Waals surface area contributed by atoms with Gasteiger partial charge in [0, 0.05) is 13.0 Å². The Morgan fingerprint density at radius 3 is 2.53 bits per heavy atom. The molecule has 2 unspecified atom stereocenters. The number of amides is 3. The van der Waals surface area contributed by atoms with Crippen molar-refractivity contribution in [1.82, 2.24) is 10.2 Å². The molecule has 0 saturated carbocycles. The SMILES string of the molecule is CCN1C(=O)NC(=O)C1(CC)O[PH](=O)O. The van der Waals surface area contributed by atoms with Gasteiger partial charge in [-0.15, -0.1) is 0 Å². The number of nitrogens with one attached hydrogen (secondary N) is 1. The van der Waals surface area contributed by atoms with Crippen molar-refractivity contribution >= 4 is 20.2 Å². The van der Waals surface area contributed by atoms with Crippen molar-refractivity contribution in [2.75, 3.05) is 6.54 Å². The maximum atomic E-state index is 11.5. The molecule has 1 rings (SSSR count). The van der Waals surface area contributed by atoms with E-state index in [4.69, 9.17) is 9.42 Å². The van der Waals surface area contributed by atoms with Crippen molar-refractivity contribution in [3.63, 3.8) is 0 Å². The van der Waals surface area contributed by atoms with Crippen LogP contribution in [0.25, 0.3) is 0 Å². The average molecular weight is 236 g/mol. The molecule has 0 bridgehead atoms. The standard InChI is InChI=1S/C7H13N2O5P/c1-3-7(14-15(12)13)5(10)8-6(11)9(7)4-2/h15H,3-4H2,1-2H3,(H,12,13)(H,8,10,11). The number of rotatable bonds is 4. The van der Waals surface area contributed by atoms with Crippen molar-refractivity contribution in [1.29, 1.82) is 0 Å². The minimum absolute atomic E-state index is 0.120. The molecule has 0 aliphatic carbocycles. The highest BCUT2D eigenvalue weighted by Gasteiger charge is 2.53. The highest BCUT2D eigenvalue weighted by atomic mass is 31.1. The van der Waals surface area contributed by atoms with Gasteiger partial charge in [-0.25, -0.2) is 4.79 Å². The van der Waals surface area contributed by atoms with Gasteiger partial charge >= 0.3 is 14.3 Å². The summed E-state index contributed by atoms with van der Waals surface area (Å²) in [6.07, 6.45) is 0.120. The summed E-state index contributed by atoms with van der Waals surface area (Å²) in [5.74, 6) is -0.691. The number of likely N-dealkylation sites (N-methyl/N-ethyl adjacent to an activating group) is 1. The molecule has 1 aliphatic rings. The predicted octanol–water partition coefficient (Wildman–Crippen LogP) is 0.0630. The monoisotopic (exact) mass is 236 g/mol. The quantitative estimate of drug-likeness (QED) is 0.531. The first-order valence-corrected chi connectivity index (χ1v) is 5.79. The van der Waals surface area contributed by atoms with Crippen LogP contribution in [0.1, 0.15) is 20.3 Å². The molecule has 2 N–H and O–H groups in total. The Morgan fingerprint density at radius 2 is 2.13 bits per heavy atom. The molecule has 3 amide bonds. The lowest BCUT2D eigenvalue weighted by molar-refractivity contribution is -0.143. The van der Waals surface area contributed by atoms with Crippen LogP contribution in [0.15, 0.2) is 0 Å². The Morgan fingerprint density at radius 1 is 1.53 bits per heavy atom. The molecule has 0 spiro atoms. The average Bonchev–Trinajstić information content (AvgIpc) is 2.37. The number of hydrogen-bond donors (Lipinski definition) is 2. The largest absolute Gasteiger partial charge is 0.326 e. The van der Waals surface area contributed by atoms with Crippen molar-refractivity contribution in [3.05, 3.63) is 0 Å². The Kier molecular flexibility index (Phi) is 3.49. The highest BCUT2D eigenvalue weighted by Crippen LogP contribution is 2.35. The first kappa shape index (κ1) is 12.2. The lowest BCUT2D eigenvalue weighted by Gasteiger charge is -2.31. The van der Waals surface area contributed by atoms with Crippen LogP contribution in [-0.4, -0.2) is 34.0 Å². The van der Waals surface area contributed by atoms with E-state index in [1.54, 1.807) is 13.8 Å². The van der Waals surface area contributed by atoms with E-state index >= 15 is 0 Å². The molecular weight excluding hydrogens is 223 g/mol. The lowest BCUT2D eigenvalue weighted by Crippen LogP contribution is -2.50. The van der Waals surface area contributed by atoms with Crippen LogP contribution in [-0.2, 0) is 13.9 Å². The number of imide groups is 1. The van der Waals surface area contributed by atoms with Gasteiger partial charge in [0.05, 0.1) is 0 Å². The third-order valence-electron chi connectivity index (χ3n) is 2.31. The fraction of sp³-hybridized carbons (Fsp3) is 0.714. The molecule has 8 heteroatoms. The number of nitrogens with zero attached hydrogens (tertiary/aromatic N) is 1. The Balaban J connectivity index is 3.08. The summed E-state index contributed by atoms with van der Waals surface area (Å²) >= 11 is 0. The zero-order valence-electron chi connectivity index (χ0n) is 8.44. The van der Waals surface area contributed by atoms with Gasteiger partial charge in [0.2, 0.25) is 5.72 Å². The van der Waals surface area contributed by atoms with Gasteiger partial charge in [0.25, 0.3) is 5.91 Å². The van der Waals surface area contributed by atoms with Crippen LogP contribution in [0, 0.1) is 0 Å². The van der Waals surface area contributed by atoms with Crippen LogP contribution in [0.2, 0.25) is 0 Å². The summed E-state index contributed by atoms with van der Waals surface area (Å²) < 4.78 is 15.4. The fourth-order valence-electron chi connectivity index (χ4n) is 1.62. The molecule has 7 nitrogen and oxygen atoms in total. The topological polar surface area (TPSA) is 95.9 Å². The molecule has 86 valence electrons. The molecule has 0 radical (unpaired) electrons. The van der Waals surface area contributed by atoms with E-state index in [-0.39, 0.29) is 13.0 Å². The van der Waals surface area contributed by atoms with Crippen LogP contribution in [0.4, 0.5) is 4.79 Å². The number of carbonyl (C=O) groups is 2. The van der Waals surface area contributed by atoms with Gasteiger partial charge < -0.3 is 4.89 Å². The summed E-state index contributed by atoms with van der Waals surface area (Å²) in [5.41, 5.74) is -1.63. The Hall–Kier alpha value is -0.910. The minimum atomic E-state index is -3.29. The van der Waals surface area contributed by atoms with E-state index in [0.717, 1.165) is 4.90 Å². The second kappa shape index (κ2) is 4.30. The molecular formula is C7H13N2O5P. The summed E-state index contributed by atoms with van der Waals surface area (Å²) in [6.45, 7) is 3.48. The van der Waals surface area contributed by atoms with Crippen molar-refractivity contribution in [2.24, 2.45) is 0 Å². The van der Waals surface area contributed by atoms with Gasteiger partial charge in [-0.05, 0) is 6.92 Å². The van der Waals surface area contributed by atoms with E-state index in [1.807, 2.05) is 0 Å². The molecule has 0 aromatic carbocycles. The van der Waals surface area contributed by atoms with Gasteiger partial charge in [0.15, 0.2) is 0 Å². The van der Waals surface area contributed by atoms with Crippen molar-refractivity contribution in [3.8, 4) is 0 Å². The van der Waals surface area contributed by atoms with Crippen LogP contribution >= 0.6 is 8.25 Å². The third-order valence-corrected chi connectivity index (χ3v) is 2.82. The molecule has 1 heterocycles. The summed E-state index contributed by atoms with van der Waals surface area (Å²) in [6, 6.07) is -0.604. The van der Waals surface area contributed by atoms with Gasteiger partial charge in [-0.2, -0.15) is 0 Å². The lowest BCUT2D eigenvalue weighted by atomic mass is 10.1. The number of urea groups is 1. The van der Waals surface area contributed by atoms with E-state index in [0.29, 0.717) is 0 Å². The highest BCUT2D eigenvalue weighted by molar-refractivity contribution is 7.32. The smallest absolute Gasteiger partial charge is 0.326 e. The molecule has 0 aromatic rings. The van der Waals surface area contributed by atoms with Gasteiger partial charge in [0.1, 0.15) is 0 Å². The first-order chi connectivity index (χ1) is 6.97. The Labute approximate surface area is 87.3 Å². The molecule has 1 saturated heterocycles. The van der Waals surface area contributed by atoms with Crippen LogP contribution in [0.3, 0.4) is 0 Å². The van der Waals surface area contributed by atoms with E-state index < -0.39 is 25.9 Å². The molecule has 2 atom stereocenters.